The van der Waals surface area contributed by atoms with Crippen LogP contribution in [0.1, 0.15) is 5.56 Å². The Hall–Kier alpha value is -3.73. The Bertz CT molecular complexity index is 1060. The predicted molar refractivity (Wildman–Crippen MR) is 109 cm³/mol. The largest absolute Gasteiger partial charge is 0.459 e. The molecule has 1 unspecified atom stereocenters. The van der Waals surface area contributed by atoms with Crippen LogP contribution in [0.4, 0.5) is 11.5 Å². The Kier molecular flexibility index (Phi) is 6.19. The Balaban J connectivity index is 1.74. The minimum absolute atomic E-state index is 0.270. The third-order valence-electron chi connectivity index (χ3n) is 4.16. The van der Waals surface area contributed by atoms with Crippen molar-refractivity contribution in [1.29, 1.82) is 0 Å². The molecule has 0 aliphatic rings. The summed E-state index contributed by atoms with van der Waals surface area (Å²) in [7, 11) is 0. The Morgan fingerprint density at radius 1 is 1.17 bits per heavy atom. The van der Waals surface area contributed by atoms with Gasteiger partial charge in [-0.25, -0.2) is 9.83 Å². The van der Waals surface area contributed by atoms with Gasteiger partial charge in [0, 0.05) is 5.56 Å². The molecule has 3 rings (SSSR count). The summed E-state index contributed by atoms with van der Waals surface area (Å²) in [5, 5.41) is 20.6. The van der Waals surface area contributed by atoms with Gasteiger partial charge < -0.3 is 20.3 Å². The van der Waals surface area contributed by atoms with Crippen molar-refractivity contribution in [2.75, 3.05) is 11.9 Å². The van der Waals surface area contributed by atoms with Crippen LogP contribution < -0.4 is 10.1 Å². The first-order valence-corrected chi connectivity index (χ1v) is 8.83. The molecule has 146 valence electrons. The van der Waals surface area contributed by atoms with Crippen molar-refractivity contribution in [1.82, 2.24) is 4.98 Å². The zero-order chi connectivity index (χ0) is 20.8. The van der Waals surface area contributed by atoms with Gasteiger partial charge in [0.05, 0.1) is 18.9 Å². The maximum absolute atomic E-state index is 11.7. The molecule has 0 radical (unpaired) electrons. The Morgan fingerprint density at radius 3 is 2.59 bits per heavy atom. The summed E-state index contributed by atoms with van der Waals surface area (Å²) < 4.78 is 5.81. The number of anilines is 1. The lowest BCUT2D eigenvalue weighted by atomic mass is 10.1. The van der Waals surface area contributed by atoms with Crippen molar-refractivity contribution < 1.29 is 19.7 Å². The van der Waals surface area contributed by atoms with E-state index in [1.165, 1.54) is 0 Å². The number of nitrogens with zero attached hydrogens (tertiary/aromatic N) is 2. The van der Waals surface area contributed by atoms with Gasteiger partial charge in [0.25, 0.3) is 5.91 Å². The number of aromatic nitrogens is 1. The van der Waals surface area contributed by atoms with Gasteiger partial charge in [-0.1, -0.05) is 12.1 Å². The number of aliphatic hydroxyl groups is 2. The van der Waals surface area contributed by atoms with Crippen LogP contribution >= 0.6 is 0 Å². The van der Waals surface area contributed by atoms with Crippen molar-refractivity contribution in [3.63, 3.8) is 0 Å². The quantitative estimate of drug-likeness (QED) is 0.559. The molecule has 0 saturated heterocycles. The molecule has 2 aromatic carbocycles. The molecule has 29 heavy (non-hydrogen) atoms. The molecule has 0 spiro atoms. The first kappa shape index (κ1) is 20.0. The SMILES string of the molecule is [C-]#[N+]c1cc(Oc2ccc(-c3cccc(NC(=O)C(O)CO)n3)cc2)ccc1C. The average molecular weight is 389 g/mol. The molecule has 3 N–H and O–H groups in total. The van der Waals surface area contributed by atoms with E-state index in [1.54, 1.807) is 36.4 Å². The highest BCUT2D eigenvalue weighted by atomic mass is 16.5. The smallest absolute Gasteiger partial charge is 0.256 e. The summed E-state index contributed by atoms with van der Waals surface area (Å²) in [6.07, 6.45) is -1.50. The molecule has 1 amide bonds. The number of hydrogen-bond donors (Lipinski definition) is 3. The number of pyridine rings is 1. The first-order valence-electron chi connectivity index (χ1n) is 8.83. The molecule has 0 aliphatic carbocycles. The lowest BCUT2D eigenvalue weighted by Gasteiger charge is -2.10. The van der Waals surface area contributed by atoms with E-state index >= 15 is 0 Å². The van der Waals surface area contributed by atoms with E-state index in [1.807, 2.05) is 31.2 Å². The monoisotopic (exact) mass is 389 g/mol. The van der Waals surface area contributed by atoms with Gasteiger partial charge in [0.15, 0.2) is 11.8 Å². The molecular weight excluding hydrogens is 370 g/mol. The molecule has 3 aromatic rings. The van der Waals surface area contributed by atoms with E-state index < -0.39 is 18.6 Å². The number of benzene rings is 2. The lowest BCUT2D eigenvalue weighted by Crippen LogP contribution is -2.30. The van der Waals surface area contributed by atoms with Gasteiger partial charge >= 0.3 is 0 Å². The van der Waals surface area contributed by atoms with E-state index in [9.17, 15) is 9.90 Å². The summed E-state index contributed by atoms with van der Waals surface area (Å²) in [6.45, 7) is 8.40. The fourth-order valence-electron chi connectivity index (χ4n) is 2.56. The van der Waals surface area contributed by atoms with E-state index in [0.29, 0.717) is 22.9 Å². The molecule has 0 saturated carbocycles. The zero-order valence-corrected chi connectivity index (χ0v) is 15.7. The summed E-state index contributed by atoms with van der Waals surface area (Å²) in [6, 6.07) is 17.7. The van der Waals surface area contributed by atoms with E-state index in [4.69, 9.17) is 16.4 Å². The van der Waals surface area contributed by atoms with Crippen LogP contribution in [0.2, 0.25) is 0 Å². The van der Waals surface area contributed by atoms with Crippen LogP contribution in [-0.2, 0) is 4.79 Å². The molecule has 7 nitrogen and oxygen atoms in total. The Labute approximate surface area is 168 Å². The number of aryl methyl sites for hydroxylation is 1. The van der Waals surface area contributed by atoms with E-state index in [-0.39, 0.29) is 5.82 Å². The minimum Gasteiger partial charge on any atom is -0.459 e. The second kappa shape index (κ2) is 8.97. The topological polar surface area (TPSA) is 96.0 Å². The maximum atomic E-state index is 11.7. The highest BCUT2D eigenvalue weighted by Gasteiger charge is 2.14. The minimum atomic E-state index is -1.50. The highest BCUT2D eigenvalue weighted by Crippen LogP contribution is 2.29. The summed E-state index contributed by atoms with van der Waals surface area (Å²) in [5.41, 5.74) is 2.88. The average Bonchev–Trinajstić information content (AvgIpc) is 2.75. The second-order valence-corrected chi connectivity index (χ2v) is 6.28. The molecule has 0 fully saturated rings. The first-order chi connectivity index (χ1) is 14.0. The molecule has 0 bridgehead atoms. The van der Waals surface area contributed by atoms with Crippen molar-refractivity contribution in [3.8, 4) is 22.8 Å². The summed E-state index contributed by atoms with van der Waals surface area (Å²) in [5.74, 6) is 0.744. The molecule has 1 heterocycles. The van der Waals surface area contributed by atoms with Crippen molar-refractivity contribution in [3.05, 3.63) is 77.6 Å². The van der Waals surface area contributed by atoms with Crippen molar-refractivity contribution in [2.24, 2.45) is 0 Å². The van der Waals surface area contributed by atoms with Crippen LogP contribution in [0.15, 0.2) is 60.7 Å². The van der Waals surface area contributed by atoms with Crippen LogP contribution in [0.5, 0.6) is 11.5 Å². The lowest BCUT2D eigenvalue weighted by molar-refractivity contribution is -0.125. The summed E-state index contributed by atoms with van der Waals surface area (Å²) in [4.78, 5) is 19.5. The fourth-order valence-corrected chi connectivity index (χ4v) is 2.56. The van der Waals surface area contributed by atoms with Gasteiger partial charge in [0.2, 0.25) is 0 Å². The molecule has 0 aliphatic heterocycles. The third-order valence-corrected chi connectivity index (χ3v) is 4.16. The molecular formula is C22H19N3O4. The normalized spacial score (nSPS) is 11.4. The van der Waals surface area contributed by atoms with Crippen LogP contribution in [0.25, 0.3) is 16.1 Å². The van der Waals surface area contributed by atoms with Crippen LogP contribution in [0.3, 0.4) is 0 Å². The van der Waals surface area contributed by atoms with Gasteiger partial charge in [0.1, 0.15) is 17.3 Å². The van der Waals surface area contributed by atoms with Gasteiger partial charge in [-0.2, -0.15) is 0 Å². The van der Waals surface area contributed by atoms with Crippen molar-refractivity contribution >= 4 is 17.4 Å². The number of amides is 1. The number of rotatable bonds is 6. The standard InChI is InChI=1S/C22H19N3O4/c1-14-6-9-17(12-19(14)23-2)29-16-10-7-15(8-11-16)18-4-3-5-21(24-18)25-22(28)20(27)13-26/h3-12,20,26-27H,13H2,1H3,(H,24,25,28). The van der Waals surface area contributed by atoms with Gasteiger partial charge in [-0.3, -0.25) is 4.79 Å². The van der Waals surface area contributed by atoms with Gasteiger partial charge in [-0.05, 0) is 61.0 Å². The van der Waals surface area contributed by atoms with Gasteiger partial charge in [-0.15, -0.1) is 0 Å². The van der Waals surface area contributed by atoms with Crippen LogP contribution in [-0.4, -0.2) is 33.8 Å². The Morgan fingerprint density at radius 2 is 1.90 bits per heavy atom. The van der Waals surface area contributed by atoms with Crippen molar-refractivity contribution in [2.45, 2.75) is 13.0 Å². The fraction of sp³-hybridized carbons (Fsp3) is 0.136. The number of carbonyl (C=O) groups is 1. The molecule has 7 heteroatoms. The number of hydrogen-bond acceptors (Lipinski definition) is 5. The molecule has 1 aromatic heterocycles. The third kappa shape index (κ3) is 4.96. The van der Waals surface area contributed by atoms with E-state index in [0.717, 1.165) is 11.1 Å². The highest BCUT2D eigenvalue weighted by molar-refractivity contribution is 5.93. The zero-order valence-electron chi connectivity index (χ0n) is 15.7. The second-order valence-electron chi connectivity index (χ2n) is 6.28. The number of aliphatic hydroxyl groups excluding tert-OH is 2. The number of nitrogens with one attached hydrogen (secondary N) is 1. The predicted octanol–water partition coefficient (Wildman–Crippen LogP) is 3.69. The maximum Gasteiger partial charge on any atom is 0.256 e. The summed E-state index contributed by atoms with van der Waals surface area (Å²) >= 11 is 0. The number of carbonyl (C=O) groups excluding carboxylic acids is 1. The van der Waals surface area contributed by atoms with Crippen LogP contribution in [0, 0.1) is 13.5 Å². The van der Waals surface area contributed by atoms with E-state index in [2.05, 4.69) is 15.1 Å². The number of ether oxygens (including phenoxy) is 1. The molecule has 1 atom stereocenters.